The molecule has 2 aliphatic heterocycles. The van der Waals surface area contributed by atoms with Gasteiger partial charge in [-0.25, -0.2) is 16.8 Å². The Morgan fingerprint density at radius 2 is 1.60 bits per heavy atom. The van der Waals surface area contributed by atoms with E-state index in [1.807, 2.05) is 19.1 Å². The van der Waals surface area contributed by atoms with Gasteiger partial charge >= 0.3 is 0 Å². The number of likely N-dealkylation sites (N-methyl/N-ethyl adjacent to an activating group) is 2. The van der Waals surface area contributed by atoms with Crippen LogP contribution in [0.4, 0.5) is 0 Å². The number of aromatic nitrogens is 2. The highest BCUT2D eigenvalue weighted by Gasteiger charge is 2.67. The first-order valence-corrected chi connectivity index (χ1v) is 18.7. The molecule has 4 fully saturated rings. The Morgan fingerprint density at radius 1 is 0.844 bits per heavy atom. The Labute approximate surface area is 264 Å². The number of piperidine rings is 1. The first kappa shape index (κ1) is 29.4. The van der Waals surface area contributed by atoms with Gasteiger partial charge in [0.15, 0.2) is 0 Å². The summed E-state index contributed by atoms with van der Waals surface area (Å²) >= 11 is 0. The fourth-order valence-electron chi connectivity index (χ4n) is 8.28. The predicted octanol–water partition coefficient (Wildman–Crippen LogP) is 3.66. The van der Waals surface area contributed by atoms with Crippen LogP contribution in [-0.4, -0.2) is 79.7 Å². The van der Waals surface area contributed by atoms with E-state index < -0.39 is 26.1 Å². The molecular weight excluding hydrogens is 609 g/mol. The van der Waals surface area contributed by atoms with E-state index in [0.717, 1.165) is 43.3 Å². The minimum atomic E-state index is -3.95. The van der Waals surface area contributed by atoms with Crippen molar-refractivity contribution in [2.45, 2.75) is 60.5 Å². The van der Waals surface area contributed by atoms with Crippen molar-refractivity contribution in [3.63, 3.8) is 0 Å². The summed E-state index contributed by atoms with van der Waals surface area (Å²) in [5, 5.41) is 9.75. The molecule has 2 aromatic heterocycles. The van der Waals surface area contributed by atoms with E-state index >= 15 is 0 Å². The summed E-state index contributed by atoms with van der Waals surface area (Å²) in [5.41, 5.74) is 0.487. The van der Waals surface area contributed by atoms with Crippen molar-refractivity contribution < 1.29 is 16.8 Å². The maximum Gasteiger partial charge on any atom is 0.244 e. The summed E-state index contributed by atoms with van der Waals surface area (Å²) in [5.74, 6) is 0.0453. The van der Waals surface area contributed by atoms with E-state index in [2.05, 4.69) is 27.5 Å². The monoisotopic (exact) mass is 646 g/mol. The third-order valence-electron chi connectivity index (χ3n) is 10.7. The van der Waals surface area contributed by atoms with E-state index in [9.17, 15) is 16.8 Å². The van der Waals surface area contributed by atoms with Crippen molar-refractivity contribution in [3.05, 3.63) is 72.8 Å². The van der Waals surface area contributed by atoms with Gasteiger partial charge in [-0.1, -0.05) is 32.0 Å². The van der Waals surface area contributed by atoms with E-state index in [1.54, 1.807) is 63.7 Å². The molecule has 4 atom stereocenters. The highest BCUT2D eigenvalue weighted by atomic mass is 32.2. The molecule has 4 heterocycles. The number of benzene rings is 2. The Hall–Kier alpha value is -3.00. The molecule has 4 aromatic rings. The van der Waals surface area contributed by atoms with E-state index in [4.69, 9.17) is 0 Å². The molecular formula is C33H38N6O4S2. The quantitative estimate of drug-likeness (QED) is 0.283. The van der Waals surface area contributed by atoms with Crippen molar-refractivity contribution in [1.82, 2.24) is 29.2 Å². The van der Waals surface area contributed by atoms with Gasteiger partial charge in [0.2, 0.25) is 20.0 Å². The largest absolute Gasteiger partial charge is 0.312 e. The third-order valence-corrected chi connectivity index (χ3v) is 14.5. The molecule has 45 heavy (non-hydrogen) atoms. The topological polar surface area (TPSA) is 125 Å². The van der Waals surface area contributed by atoms with Crippen molar-refractivity contribution in [2.24, 2.45) is 11.3 Å². The van der Waals surface area contributed by atoms with Crippen LogP contribution in [0.25, 0.3) is 21.5 Å². The summed E-state index contributed by atoms with van der Waals surface area (Å²) in [7, 11) is -7.75. The number of sulfonamides is 2. The van der Waals surface area contributed by atoms with Gasteiger partial charge in [0.1, 0.15) is 0 Å². The first-order valence-electron chi connectivity index (χ1n) is 15.8. The molecule has 2 N–H and O–H groups in total. The van der Waals surface area contributed by atoms with Crippen LogP contribution in [-0.2, 0) is 20.0 Å². The van der Waals surface area contributed by atoms with Crippen LogP contribution in [0.3, 0.4) is 0 Å². The number of nitrogens with zero attached hydrogens (tertiary/aromatic N) is 4. The van der Waals surface area contributed by atoms with Crippen LogP contribution in [0.2, 0.25) is 0 Å². The lowest BCUT2D eigenvalue weighted by molar-refractivity contribution is 0.344. The van der Waals surface area contributed by atoms with Crippen LogP contribution < -0.4 is 10.6 Å². The number of hydrogen-bond acceptors (Lipinski definition) is 8. The van der Waals surface area contributed by atoms with Crippen molar-refractivity contribution in [2.75, 3.05) is 32.7 Å². The Kier molecular flexibility index (Phi) is 6.70. The molecule has 4 aliphatic rings. The maximum atomic E-state index is 14.6. The summed E-state index contributed by atoms with van der Waals surface area (Å²) in [6.45, 7) is 6.93. The molecule has 10 nitrogen and oxygen atoms in total. The Balaban J connectivity index is 1.23. The molecule has 2 aromatic carbocycles. The highest BCUT2D eigenvalue weighted by Crippen LogP contribution is 2.62. The van der Waals surface area contributed by atoms with Crippen LogP contribution in [0.1, 0.15) is 44.7 Å². The number of fused-ring (bicyclic) bond motifs is 3. The summed E-state index contributed by atoms with van der Waals surface area (Å²) in [6.07, 6.45) is 9.53. The van der Waals surface area contributed by atoms with Gasteiger partial charge in [-0.15, -0.1) is 0 Å². The number of nitrogens with one attached hydrogen (secondary N) is 2. The zero-order valence-corrected chi connectivity index (χ0v) is 27.1. The van der Waals surface area contributed by atoms with E-state index in [0.29, 0.717) is 35.8 Å². The lowest BCUT2D eigenvalue weighted by Crippen LogP contribution is -2.41. The number of rotatable bonds is 9. The second kappa shape index (κ2) is 10.2. The number of pyridine rings is 2. The SMILES string of the molecule is CCNC1CN(S(=O)(=O)c2ccc(C3C4CC4(NCC)CN3S(=O)(=O)c3cccc4cnccc34)c3cnccc23)CC12CC2. The standard InChI is InChI=1S/C33H38N6O4S2/c1-3-36-30-19-38(20-32(30)12-13-32)44(40,41)29-9-8-25(26-18-35-15-11-24(26)29)31-27-16-33(27,37-4-2)21-39(31)45(42,43)28-7-5-6-22-17-34-14-10-23(22)28/h5-11,14-15,17-18,27,30-31,36-37H,3-4,12-13,16,19-21H2,1-2H3. The van der Waals surface area contributed by atoms with E-state index in [-0.39, 0.29) is 32.7 Å². The van der Waals surface area contributed by atoms with Gasteiger partial charge in [0.05, 0.1) is 15.8 Å². The number of hydrogen-bond donors (Lipinski definition) is 2. The van der Waals surface area contributed by atoms with Gasteiger partial charge in [-0.05, 0) is 62.2 Å². The Morgan fingerprint density at radius 3 is 2.36 bits per heavy atom. The minimum absolute atomic E-state index is 0.0261. The van der Waals surface area contributed by atoms with Crippen LogP contribution in [0, 0.1) is 11.3 Å². The van der Waals surface area contributed by atoms with Crippen molar-refractivity contribution in [1.29, 1.82) is 0 Å². The lowest BCUT2D eigenvalue weighted by atomic mass is 9.97. The van der Waals surface area contributed by atoms with Crippen LogP contribution >= 0.6 is 0 Å². The van der Waals surface area contributed by atoms with Crippen LogP contribution in [0.5, 0.6) is 0 Å². The van der Waals surface area contributed by atoms with Crippen LogP contribution in [0.15, 0.2) is 77.0 Å². The highest BCUT2D eigenvalue weighted by molar-refractivity contribution is 7.89. The van der Waals surface area contributed by atoms with Crippen molar-refractivity contribution in [3.8, 4) is 0 Å². The predicted molar refractivity (Wildman–Crippen MR) is 173 cm³/mol. The molecule has 1 spiro atoms. The van der Waals surface area contributed by atoms with Gasteiger partial charge in [-0.2, -0.15) is 8.61 Å². The zero-order valence-electron chi connectivity index (χ0n) is 25.5. The summed E-state index contributed by atoms with van der Waals surface area (Å²) in [4.78, 5) is 9.09. The van der Waals surface area contributed by atoms with Gasteiger partial charge < -0.3 is 10.6 Å². The van der Waals surface area contributed by atoms with Crippen molar-refractivity contribution >= 4 is 41.6 Å². The average molecular weight is 647 g/mol. The van der Waals surface area contributed by atoms with Gasteiger partial charge in [0.25, 0.3) is 0 Å². The molecule has 2 saturated heterocycles. The maximum absolute atomic E-state index is 14.6. The summed E-state index contributed by atoms with van der Waals surface area (Å²) in [6, 6.07) is 12.0. The molecule has 236 valence electrons. The molecule has 8 rings (SSSR count). The normalized spacial score (nSPS) is 27.8. The smallest absolute Gasteiger partial charge is 0.244 e. The fourth-order valence-corrected chi connectivity index (χ4v) is 11.9. The molecule has 12 heteroatoms. The van der Waals surface area contributed by atoms with Gasteiger partial charge in [-0.3, -0.25) is 9.97 Å². The second-order valence-electron chi connectivity index (χ2n) is 13.2. The minimum Gasteiger partial charge on any atom is -0.312 e. The van der Waals surface area contributed by atoms with E-state index in [1.165, 1.54) is 0 Å². The summed E-state index contributed by atoms with van der Waals surface area (Å²) < 4.78 is 60.9. The van der Waals surface area contributed by atoms with Gasteiger partial charge in [0, 0.05) is 88.9 Å². The molecule has 0 amide bonds. The third kappa shape index (κ3) is 4.40. The second-order valence-corrected chi connectivity index (χ2v) is 17.0. The molecule has 2 aliphatic carbocycles. The lowest BCUT2D eigenvalue weighted by Gasteiger charge is -2.29. The molecule has 4 unspecified atom stereocenters. The molecule has 2 saturated carbocycles. The molecule has 0 bridgehead atoms. The fraction of sp³-hybridized carbons (Fsp3) is 0.455. The first-order chi connectivity index (χ1) is 21.6. The average Bonchev–Trinajstić information content (AvgIpc) is 3.90. The zero-order chi connectivity index (χ0) is 31.2. The Bertz CT molecular complexity index is 2050. The molecule has 0 radical (unpaired) electrons.